The quantitative estimate of drug-likeness (QED) is 0.909. The largest absolute Gasteiger partial charge is 0.486 e. The van der Waals surface area contributed by atoms with Gasteiger partial charge in [0.05, 0.1) is 22.6 Å². The molecule has 0 radical (unpaired) electrons. The molecule has 1 atom stereocenters. The number of nitriles is 1. The zero-order valence-corrected chi connectivity index (χ0v) is 11.8. The third kappa shape index (κ3) is 2.11. The maximum atomic E-state index is 10.6. The second-order valence-corrected chi connectivity index (χ2v) is 5.81. The molecule has 5 heteroatoms. The van der Waals surface area contributed by atoms with Gasteiger partial charge < -0.3 is 14.6 Å². The lowest BCUT2D eigenvalue weighted by atomic mass is 9.78. The van der Waals surface area contributed by atoms with E-state index in [0.29, 0.717) is 35.3 Å². The van der Waals surface area contributed by atoms with Gasteiger partial charge in [-0.2, -0.15) is 5.26 Å². The Bertz CT molecular complexity index is 561. The van der Waals surface area contributed by atoms with Gasteiger partial charge in [-0.25, -0.2) is 0 Å². The number of nitrogens with zero attached hydrogens (tertiary/aromatic N) is 1. The molecule has 1 aromatic rings. The zero-order valence-electron chi connectivity index (χ0n) is 11.1. The maximum absolute atomic E-state index is 10.6. The lowest BCUT2D eigenvalue weighted by molar-refractivity contribution is 0.0664. The Hall–Kier alpha value is -1.44. The molecule has 1 heterocycles. The van der Waals surface area contributed by atoms with Gasteiger partial charge in [0.25, 0.3) is 0 Å². The highest BCUT2D eigenvalue weighted by molar-refractivity contribution is 6.32. The molecule has 0 bridgehead atoms. The fourth-order valence-corrected chi connectivity index (χ4v) is 3.33. The molecule has 0 saturated heterocycles. The SMILES string of the molecule is N#CC1(C(O)c2cc(Cl)c3c(c2)OCCO3)CCCC1. The first kappa shape index (κ1) is 13.5. The number of aliphatic hydroxyl groups excluding tert-OH is 1. The first-order valence-corrected chi connectivity index (χ1v) is 7.22. The summed E-state index contributed by atoms with van der Waals surface area (Å²) in [5, 5.41) is 20.5. The molecule has 2 aliphatic rings. The van der Waals surface area contributed by atoms with Crippen LogP contribution >= 0.6 is 11.6 Å². The summed E-state index contributed by atoms with van der Waals surface area (Å²) in [4.78, 5) is 0. The lowest BCUT2D eigenvalue weighted by Crippen LogP contribution is -2.24. The van der Waals surface area contributed by atoms with Crippen molar-refractivity contribution in [3.05, 3.63) is 22.7 Å². The highest BCUT2D eigenvalue weighted by Crippen LogP contribution is 2.49. The van der Waals surface area contributed by atoms with Gasteiger partial charge in [-0.05, 0) is 30.5 Å². The van der Waals surface area contributed by atoms with E-state index in [1.807, 2.05) is 0 Å². The number of aliphatic hydroxyl groups is 1. The van der Waals surface area contributed by atoms with Crippen LogP contribution in [0.5, 0.6) is 11.5 Å². The van der Waals surface area contributed by atoms with E-state index in [1.54, 1.807) is 12.1 Å². The summed E-state index contributed by atoms with van der Waals surface area (Å²) in [6.07, 6.45) is 2.54. The van der Waals surface area contributed by atoms with Gasteiger partial charge in [0.2, 0.25) is 0 Å². The van der Waals surface area contributed by atoms with Crippen molar-refractivity contribution in [3.8, 4) is 17.6 Å². The highest BCUT2D eigenvalue weighted by Gasteiger charge is 2.42. The van der Waals surface area contributed by atoms with Crippen molar-refractivity contribution in [2.24, 2.45) is 5.41 Å². The molecule has 4 nitrogen and oxygen atoms in total. The van der Waals surface area contributed by atoms with E-state index in [9.17, 15) is 10.4 Å². The number of halogens is 1. The molecule has 1 aliphatic heterocycles. The molecule has 0 aromatic heterocycles. The standard InChI is InChI=1S/C15H16ClNO3/c16-11-7-10(8-12-13(11)20-6-5-19-12)14(18)15(9-17)3-1-2-4-15/h7-8,14,18H,1-6H2. The molecule has 3 rings (SSSR count). The van der Waals surface area contributed by atoms with Gasteiger partial charge in [0, 0.05) is 0 Å². The Labute approximate surface area is 122 Å². The maximum Gasteiger partial charge on any atom is 0.179 e. The predicted octanol–water partition coefficient (Wildman–Crippen LogP) is 3.23. The molecule has 1 N–H and O–H groups in total. The van der Waals surface area contributed by atoms with Crippen molar-refractivity contribution in [1.82, 2.24) is 0 Å². The Balaban J connectivity index is 1.98. The van der Waals surface area contributed by atoms with Gasteiger partial charge in [-0.1, -0.05) is 24.4 Å². The average Bonchev–Trinajstić information content (AvgIpc) is 2.96. The Morgan fingerprint density at radius 1 is 1.25 bits per heavy atom. The number of benzene rings is 1. The summed E-state index contributed by atoms with van der Waals surface area (Å²) < 4.78 is 11.0. The molecule has 1 aliphatic carbocycles. The van der Waals surface area contributed by atoms with E-state index in [0.717, 1.165) is 25.7 Å². The van der Waals surface area contributed by atoms with Crippen LogP contribution in [0.1, 0.15) is 37.4 Å². The van der Waals surface area contributed by atoms with Crippen LogP contribution in [0.4, 0.5) is 0 Å². The van der Waals surface area contributed by atoms with E-state index in [4.69, 9.17) is 21.1 Å². The van der Waals surface area contributed by atoms with E-state index in [-0.39, 0.29) is 0 Å². The van der Waals surface area contributed by atoms with Gasteiger partial charge in [0.15, 0.2) is 11.5 Å². The second kappa shape index (κ2) is 5.16. The second-order valence-electron chi connectivity index (χ2n) is 5.40. The molecule has 1 saturated carbocycles. The fourth-order valence-electron chi connectivity index (χ4n) is 3.06. The van der Waals surface area contributed by atoms with Crippen molar-refractivity contribution >= 4 is 11.6 Å². The van der Waals surface area contributed by atoms with Crippen molar-refractivity contribution in [3.63, 3.8) is 0 Å². The number of hydrogen-bond donors (Lipinski definition) is 1. The van der Waals surface area contributed by atoms with Gasteiger partial charge >= 0.3 is 0 Å². The monoisotopic (exact) mass is 293 g/mol. The lowest BCUT2D eigenvalue weighted by Gasteiger charge is -2.28. The predicted molar refractivity (Wildman–Crippen MR) is 73.9 cm³/mol. The number of hydrogen-bond acceptors (Lipinski definition) is 4. The molecule has 1 unspecified atom stereocenters. The first-order chi connectivity index (χ1) is 9.66. The summed E-state index contributed by atoms with van der Waals surface area (Å²) in [5.41, 5.74) is -0.0738. The normalized spacial score (nSPS) is 21.2. The van der Waals surface area contributed by atoms with Crippen molar-refractivity contribution in [2.45, 2.75) is 31.8 Å². The number of fused-ring (bicyclic) bond motifs is 1. The van der Waals surface area contributed by atoms with Gasteiger partial charge in [-0.15, -0.1) is 0 Å². The first-order valence-electron chi connectivity index (χ1n) is 6.85. The number of rotatable bonds is 2. The summed E-state index contributed by atoms with van der Waals surface area (Å²) in [6.45, 7) is 0.934. The van der Waals surface area contributed by atoms with Crippen LogP contribution in [-0.4, -0.2) is 18.3 Å². The highest BCUT2D eigenvalue weighted by atomic mass is 35.5. The van der Waals surface area contributed by atoms with E-state index >= 15 is 0 Å². The minimum Gasteiger partial charge on any atom is -0.486 e. The summed E-state index contributed by atoms with van der Waals surface area (Å²) >= 11 is 6.19. The Kier molecular flexibility index (Phi) is 3.49. The van der Waals surface area contributed by atoms with Gasteiger partial charge in [-0.3, -0.25) is 0 Å². The fraction of sp³-hybridized carbons (Fsp3) is 0.533. The van der Waals surface area contributed by atoms with Crippen molar-refractivity contribution in [2.75, 3.05) is 13.2 Å². The third-order valence-corrected chi connectivity index (χ3v) is 4.46. The Morgan fingerprint density at radius 3 is 2.65 bits per heavy atom. The summed E-state index contributed by atoms with van der Waals surface area (Å²) in [7, 11) is 0. The zero-order chi connectivity index (χ0) is 14.2. The molecule has 1 aromatic carbocycles. The summed E-state index contributed by atoms with van der Waals surface area (Å²) in [5.74, 6) is 1.06. The molecule has 106 valence electrons. The third-order valence-electron chi connectivity index (χ3n) is 4.18. The van der Waals surface area contributed by atoms with Gasteiger partial charge in [0.1, 0.15) is 13.2 Å². The number of ether oxygens (including phenoxy) is 2. The Morgan fingerprint density at radius 2 is 1.95 bits per heavy atom. The van der Waals surface area contributed by atoms with Crippen LogP contribution < -0.4 is 9.47 Å². The molecule has 20 heavy (non-hydrogen) atoms. The van der Waals surface area contributed by atoms with Crippen LogP contribution in [0.3, 0.4) is 0 Å². The minimum absolute atomic E-state index is 0.419. The molecule has 1 fully saturated rings. The van der Waals surface area contributed by atoms with Crippen LogP contribution in [0.2, 0.25) is 5.02 Å². The van der Waals surface area contributed by atoms with E-state index in [2.05, 4.69) is 6.07 Å². The summed E-state index contributed by atoms with van der Waals surface area (Å²) in [6, 6.07) is 5.73. The van der Waals surface area contributed by atoms with E-state index in [1.165, 1.54) is 0 Å². The van der Waals surface area contributed by atoms with Crippen LogP contribution in [0.15, 0.2) is 12.1 Å². The molecular weight excluding hydrogens is 278 g/mol. The molecular formula is C15H16ClNO3. The minimum atomic E-state index is -0.844. The van der Waals surface area contributed by atoms with Crippen molar-refractivity contribution in [1.29, 1.82) is 5.26 Å². The van der Waals surface area contributed by atoms with Crippen LogP contribution in [0.25, 0.3) is 0 Å². The van der Waals surface area contributed by atoms with Crippen molar-refractivity contribution < 1.29 is 14.6 Å². The van der Waals surface area contributed by atoms with Crippen LogP contribution in [-0.2, 0) is 0 Å². The average molecular weight is 294 g/mol. The smallest absolute Gasteiger partial charge is 0.179 e. The van der Waals surface area contributed by atoms with Crippen LogP contribution in [0, 0.1) is 16.7 Å². The molecule has 0 amide bonds. The molecule has 0 spiro atoms. The topological polar surface area (TPSA) is 62.5 Å². The van der Waals surface area contributed by atoms with E-state index < -0.39 is 11.5 Å².